The topological polar surface area (TPSA) is 57.4 Å². The normalized spacial score (nSPS) is 11.8. The third kappa shape index (κ3) is 4.03. The van der Waals surface area contributed by atoms with E-state index in [1.807, 2.05) is 42.5 Å². The first-order valence-corrected chi connectivity index (χ1v) is 8.28. The van der Waals surface area contributed by atoms with E-state index in [1.165, 1.54) is 0 Å². The van der Waals surface area contributed by atoms with Gasteiger partial charge in [0.2, 0.25) is 0 Å². The molecule has 2 aliphatic heterocycles. The van der Waals surface area contributed by atoms with Gasteiger partial charge in [-0.15, -0.1) is 0 Å². The van der Waals surface area contributed by atoms with Crippen molar-refractivity contribution in [3.05, 3.63) is 71.3 Å². The fourth-order valence-electron chi connectivity index (χ4n) is 2.94. The molecule has 3 aromatic heterocycles. The monoisotopic (exact) mass is 359 g/mol. The molecule has 2 N–H and O–H groups in total. The van der Waals surface area contributed by atoms with Crippen LogP contribution in [-0.2, 0) is 0 Å². The third-order valence-corrected chi connectivity index (χ3v) is 4.04. The predicted octanol–water partition coefficient (Wildman–Crippen LogP) is 5.12. The number of fused-ring (bicyclic) bond motifs is 8. The van der Waals surface area contributed by atoms with Gasteiger partial charge in [0.25, 0.3) is 0 Å². The van der Waals surface area contributed by atoms with Crippen LogP contribution >= 0.6 is 0 Å². The van der Waals surface area contributed by atoms with Crippen molar-refractivity contribution in [1.82, 2.24) is 19.9 Å². The highest BCUT2D eigenvalue weighted by Gasteiger charge is 2.02. The van der Waals surface area contributed by atoms with Crippen molar-refractivity contribution in [2.45, 2.75) is 0 Å². The van der Waals surface area contributed by atoms with Crippen molar-refractivity contribution in [3.63, 3.8) is 0 Å². The Bertz CT molecular complexity index is 1100. The van der Waals surface area contributed by atoms with Crippen molar-refractivity contribution >= 4 is 54.2 Å². The van der Waals surface area contributed by atoms with Gasteiger partial charge >= 0.3 is 7.83 Å². The summed E-state index contributed by atoms with van der Waals surface area (Å²) in [7, 11) is -1.00. The molecule has 131 valence electrons. The number of nitrogens with zero attached hydrogens (tertiary/aromatic N) is 2. The van der Waals surface area contributed by atoms with Gasteiger partial charge in [0.05, 0.1) is 22.8 Å². The molecular weight excluding hydrogens is 345 g/mol. The maximum Gasteiger partial charge on any atom is 0.577 e. The van der Waals surface area contributed by atoms with Crippen LogP contribution in [0.25, 0.3) is 46.4 Å². The number of nitrogens with one attached hydrogen (secondary N) is 2. The van der Waals surface area contributed by atoms with Crippen LogP contribution in [0, 0.1) is 0 Å². The Morgan fingerprint density at radius 1 is 0.556 bits per heavy atom. The molecule has 5 heterocycles. The lowest BCUT2D eigenvalue weighted by Crippen LogP contribution is -1.77. The van der Waals surface area contributed by atoms with Gasteiger partial charge in [0.1, 0.15) is 0 Å². The number of H-pyrrole nitrogens is 2. The number of aromatic amines is 2. The van der Waals surface area contributed by atoms with Gasteiger partial charge in [-0.1, -0.05) is 0 Å². The molecule has 0 atom stereocenters. The second kappa shape index (κ2) is 7.41. The van der Waals surface area contributed by atoms with Gasteiger partial charge in [0, 0.05) is 22.1 Å². The third-order valence-electron chi connectivity index (χ3n) is 4.04. The van der Waals surface area contributed by atoms with E-state index in [9.17, 15) is 8.63 Å². The summed E-state index contributed by atoms with van der Waals surface area (Å²) >= 11 is 0. The van der Waals surface area contributed by atoms with Crippen molar-refractivity contribution in [2.24, 2.45) is 0 Å². The molecule has 5 rings (SSSR count). The van der Waals surface area contributed by atoms with Gasteiger partial charge in [-0.05, 0) is 72.8 Å². The molecule has 0 saturated carbocycles. The quantitative estimate of drug-likeness (QED) is 0.377. The molecule has 0 saturated heterocycles. The largest absolute Gasteiger partial charge is 0.577 e. The summed E-state index contributed by atoms with van der Waals surface area (Å²) in [5.41, 5.74) is 7.86. The molecule has 2 aliphatic rings. The molecule has 3 aromatic rings. The summed E-state index contributed by atoms with van der Waals surface area (Å²) < 4.78 is 19.0. The van der Waals surface area contributed by atoms with Crippen LogP contribution < -0.4 is 0 Å². The molecular formula is C20H14BF2N4. The van der Waals surface area contributed by atoms with E-state index >= 15 is 0 Å². The zero-order valence-corrected chi connectivity index (χ0v) is 14.2. The Balaban J connectivity index is 0.000000565. The number of aromatic nitrogens is 4. The summed E-state index contributed by atoms with van der Waals surface area (Å²) in [6.45, 7) is 0. The van der Waals surface area contributed by atoms with Crippen molar-refractivity contribution < 1.29 is 8.63 Å². The SMILES string of the molecule is C1=Cc2cc3ccc(cc4ccc(cc5nc(cc1n2)C=C5)[nH]4)[nH]3.F[B]F. The van der Waals surface area contributed by atoms with Crippen LogP contribution in [0.3, 0.4) is 0 Å². The van der Waals surface area contributed by atoms with Gasteiger partial charge in [-0.25, -0.2) is 9.97 Å². The van der Waals surface area contributed by atoms with Gasteiger partial charge in [-0.3, -0.25) is 8.63 Å². The molecule has 1 radical (unpaired) electrons. The van der Waals surface area contributed by atoms with Crippen LogP contribution in [0.2, 0.25) is 0 Å². The minimum atomic E-state index is -1.00. The van der Waals surface area contributed by atoms with E-state index in [-0.39, 0.29) is 0 Å². The van der Waals surface area contributed by atoms with E-state index in [4.69, 9.17) is 0 Å². The number of rotatable bonds is 0. The molecule has 8 bridgehead atoms. The minimum absolute atomic E-state index is 0.915. The molecule has 0 aromatic carbocycles. The lowest BCUT2D eigenvalue weighted by molar-refractivity contribution is 0.712. The number of halogens is 2. The lowest BCUT2D eigenvalue weighted by Gasteiger charge is -1.86. The minimum Gasteiger partial charge on any atom is -0.355 e. The highest BCUT2D eigenvalue weighted by molar-refractivity contribution is 6.15. The molecule has 0 fully saturated rings. The van der Waals surface area contributed by atoms with E-state index < -0.39 is 7.83 Å². The summed E-state index contributed by atoms with van der Waals surface area (Å²) in [5, 5.41) is 0. The van der Waals surface area contributed by atoms with Crippen LogP contribution in [0.1, 0.15) is 22.8 Å². The van der Waals surface area contributed by atoms with E-state index in [2.05, 4.69) is 50.3 Å². The molecule has 0 amide bonds. The average molecular weight is 359 g/mol. The van der Waals surface area contributed by atoms with Crippen LogP contribution in [0.4, 0.5) is 8.63 Å². The smallest absolute Gasteiger partial charge is 0.355 e. The number of hydrogen-bond donors (Lipinski definition) is 2. The van der Waals surface area contributed by atoms with Crippen LogP contribution in [0.5, 0.6) is 0 Å². The Morgan fingerprint density at radius 3 is 1.30 bits per heavy atom. The summed E-state index contributed by atoms with van der Waals surface area (Å²) in [6.07, 6.45) is 8.05. The molecule has 4 nitrogen and oxygen atoms in total. The molecule has 0 unspecified atom stereocenters. The van der Waals surface area contributed by atoms with Crippen molar-refractivity contribution in [2.75, 3.05) is 0 Å². The fourth-order valence-corrected chi connectivity index (χ4v) is 2.94. The van der Waals surface area contributed by atoms with Gasteiger partial charge in [0.15, 0.2) is 0 Å². The molecule has 0 spiro atoms. The van der Waals surface area contributed by atoms with Crippen LogP contribution in [0.15, 0.2) is 48.5 Å². The van der Waals surface area contributed by atoms with Crippen LogP contribution in [-0.4, -0.2) is 27.8 Å². The zero-order chi connectivity index (χ0) is 18.6. The second-order valence-corrected chi connectivity index (χ2v) is 5.99. The average Bonchev–Trinajstić information content (AvgIpc) is 3.41. The highest BCUT2D eigenvalue weighted by Crippen LogP contribution is 2.17. The van der Waals surface area contributed by atoms with E-state index in [0.29, 0.717) is 0 Å². The second-order valence-electron chi connectivity index (χ2n) is 5.99. The standard InChI is InChI=1S/C20H14N4.BF2/c1-2-14-10-16-5-6-18(23-16)12-20-8-7-19(24-20)11-17-4-3-15(22-17)9-13(1)21-14;2-1-3/h1-12,21-22H;. The zero-order valence-electron chi connectivity index (χ0n) is 14.2. The summed E-state index contributed by atoms with van der Waals surface area (Å²) in [5.74, 6) is 0. The highest BCUT2D eigenvalue weighted by atomic mass is 19.2. The van der Waals surface area contributed by atoms with E-state index in [0.717, 1.165) is 44.8 Å². The molecule has 27 heavy (non-hydrogen) atoms. The Hall–Kier alpha value is -3.48. The number of hydrogen-bond acceptors (Lipinski definition) is 2. The molecule has 0 aliphatic carbocycles. The Morgan fingerprint density at radius 2 is 0.889 bits per heavy atom. The summed E-state index contributed by atoms with van der Waals surface area (Å²) in [4.78, 5) is 16.0. The maximum absolute atomic E-state index is 9.50. The van der Waals surface area contributed by atoms with E-state index in [1.54, 1.807) is 0 Å². The maximum atomic E-state index is 9.50. The summed E-state index contributed by atoms with van der Waals surface area (Å²) in [6, 6.07) is 16.4. The first kappa shape index (κ1) is 17.0. The first-order chi connectivity index (χ1) is 13.2. The fraction of sp³-hybridized carbons (Fsp3) is 0. The first-order valence-electron chi connectivity index (χ1n) is 8.28. The Labute approximate surface area is 154 Å². The molecule has 7 heteroatoms. The lowest BCUT2D eigenvalue weighted by atomic mass is 10.3. The predicted molar refractivity (Wildman–Crippen MR) is 107 cm³/mol. The van der Waals surface area contributed by atoms with Gasteiger partial charge < -0.3 is 9.97 Å². The van der Waals surface area contributed by atoms with Crippen molar-refractivity contribution in [1.29, 1.82) is 0 Å². The van der Waals surface area contributed by atoms with Gasteiger partial charge in [-0.2, -0.15) is 0 Å². The van der Waals surface area contributed by atoms with Crippen molar-refractivity contribution in [3.8, 4) is 0 Å². The Kier molecular flexibility index (Phi) is 4.66.